The summed E-state index contributed by atoms with van der Waals surface area (Å²) in [5.41, 5.74) is 3.24. The maximum absolute atomic E-state index is 13.4. The number of ketones is 1. The lowest BCUT2D eigenvalue weighted by Crippen LogP contribution is -2.18. The van der Waals surface area contributed by atoms with E-state index in [0.717, 1.165) is 5.69 Å². The number of benzene rings is 3. The zero-order valence-electron chi connectivity index (χ0n) is 14.7. The van der Waals surface area contributed by atoms with Crippen LogP contribution in [0.1, 0.15) is 27.9 Å². The van der Waals surface area contributed by atoms with Crippen molar-refractivity contribution in [2.24, 2.45) is 0 Å². The number of nitrogens with one attached hydrogen (secondary N) is 1. The molecule has 4 aromatic rings. The minimum Gasteiger partial charge on any atom is -0.355 e. The average Bonchev–Trinajstić information content (AvgIpc) is 3.09. The van der Waals surface area contributed by atoms with Gasteiger partial charge in [0.2, 0.25) is 0 Å². The number of aromatic nitrogens is 2. The monoisotopic (exact) mass is 355 g/mol. The number of carbonyl (C=O) groups is 2. The van der Waals surface area contributed by atoms with Crippen molar-refractivity contribution >= 4 is 34.1 Å². The first kappa shape index (κ1) is 16.7. The van der Waals surface area contributed by atoms with Crippen molar-refractivity contribution in [2.45, 2.75) is 6.92 Å². The summed E-state index contributed by atoms with van der Waals surface area (Å²) < 4.78 is 1.39. The highest BCUT2D eigenvalue weighted by molar-refractivity contribution is 6.09. The van der Waals surface area contributed by atoms with Crippen molar-refractivity contribution in [3.63, 3.8) is 0 Å². The Balaban J connectivity index is 1.84. The Labute approximate surface area is 156 Å². The smallest absolute Gasteiger partial charge is 0.266 e. The number of rotatable bonds is 4. The van der Waals surface area contributed by atoms with E-state index in [1.54, 1.807) is 24.3 Å². The molecule has 0 bridgehead atoms. The van der Waals surface area contributed by atoms with E-state index in [1.165, 1.54) is 11.5 Å². The van der Waals surface area contributed by atoms with E-state index in [9.17, 15) is 9.59 Å². The van der Waals surface area contributed by atoms with E-state index in [0.29, 0.717) is 22.3 Å². The first-order valence-corrected chi connectivity index (χ1v) is 8.59. The summed E-state index contributed by atoms with van der Waals surface area (Å²) in [5, 5.41) is 3.27. The lowest BCUT2D eigenvalue weighted by molar-refractivity contribution is 0.0929. The van der Waals surface area contributed by atoms with E-state index >= 15 is 0 Å². The number of hydrogen-bond acceptors (Lipinski definition) is 4. The lowest BCUT2D eigenvalue weighted by atomic mass is 10.1. The van der Waals surface area contributed by atoms with E-state index in [4.69, 9.17) is 0 Å². The van der Waals surface area contributed by atoms with Gasteiger partial charge in [0, 0.05) is 12.6 Å². The van der Waals surface area contributed by atoms with Crippen LogP contribution in [0.25, 0.3) is 11.0 Å². The number of Topliss-reactive ketones (excluding diaryl/α,β-unsaturated/α-hetero) is 1. The van der Waals surface area contributed by atoms with Crippen molar-refractivity contribution < 1.29 is 9.59 Å². The summed E-state index contributed by atoms with van der Waals surface area (Å²) in [6.07, 6.45) is 0. The Morgan fingerprint density at radius 2 is 1.52 bits per heavy atom. The molecule has 0 aliphatic carbocycles. The normalized spacial score (nSPS) is 10.7. The van der Waals surface area contributed by atoms with Gasteiger partial charge in [-0.05, 0) is 36.4 Å². The molecule has 132 valence electrons. The predicted molar refractivity (Wildman–Crippen MR) is 106 cm³/mol. The van der Waals surface area contributed by atoms with Crippen LogP contribution >= 0.6 is 0 Å². The summed E-state index contributed by atoms with van der Waals surface area (Å²) in [6.45, 7) is 1.42. The van der Waals surface area contributed by atoms with E-state index in [-0.39, 0.29) is 17.5 Å². The molecule has 0 atom stereocenters. The third-order valence-electron chi connectivity index (χ3n) is 4.29. The highest BCUT2D eigenvalue weighted by atomic mass is 16.2. The standard InChI is InChI=1S/C22H17N3O2/c1-15(26)21-24-19-13-7-8-14-20(19)25(21)22(27)17-11-5-6-12-18(17)23-16-9-3-2-4-10-16/h2-14,23H,1H3. The maximum Gasteiger partial charge on any atom is 0.266 e. The molecular weight excluding hydrogens is 338 g/mol. The first-order valence-electron chi connectivity index (χ1n) is 8.59. The minimum absolute atomic E-state index is 0.135. The largest absolute Gasteiger partial charge is 0.355 e. The highest BCUT2D eigenvalue weighted by Gasteiger charge is 2.22. The molecule has 0 unspecified atom stereocenters. The van der Waals surface area contributed by atoms with Crippen LogP contribution in [0.15, 0.2) is 78.9 Å². The molecule has 27 heavy (non-hydrogen) atoms. The number of imidazole rings is 1. The van der Waals surface area contributed by atoms with Gasteiger partial charge in [0.1, 0.15) is 0 Å². The fraction of sp³-hybridized carbons (Fsp3) is 0.0455. The summed E-state index contributed by atoms with van der Waals surface area (Å²) in [5.74, 6) is -0.420. The highest BCUT2D eigenvalue weighted by Crippen LogP contribution is 2.24. The summed E-state index contributed by atoms with van der Waals surface area (Å²) in [6, 6.07) is 24.1. The second-order valence-electron chi connectivity index (χ2n) is 6.16. The maximum atomic E-state index is 13.4. The number of anilines is 2. The molecule has 0 saturated carbocycles. The molecule has 0 radical (unpaired) electrons. The number of hydrogen-bond donors (Lipinski definition) is 1. The molecule has 1 aromatic heterocycles. The first-order chi connectivity index (χ1) is 13.1. The van der Waals surface area contributed by atoms with Gasteiger partial charge in [-0.3, -0.25) is 14.2 Å². The molecular formula is C22H17N3O2. The zero-order valence-corrected chi connectivity index (χ0v) is 14.7. The fourth-order valence-corrected chi connectivity index (χ4v) is 3.04. The van der Waals surface area contributed by atoms with E-state index < -0.39 is 0 Å². The van der Waals surface area contributed by atoms with Gasteiger partial charge in [-0.1, -0.05) is 42.5 Å². The molecule has 4 rings (SSSR count). The average molecular weight is 355 g/mol. The molecule has 5 heteroatoms. The van der Waals surface area contributed by atoms with Crippen LogP contribution in [-0.2, 0) is 0 Å². The third kappa shape index (κ3) is 3.11. The molecule has 5 nitrogen and oxygen atoms in total. The van der Waals surface area contributed by atoms with Crippen LogP contribution in [-0.4, -0.2) is 21.2 Å². The van der Waals surface area contributed by atoms with E-state index in [2.05, 4.69) is 10.3 Å². The Morgan fingerprint density at radius 3 is 2.30 bits per heavy atom. The number of carbonyl (C=O) groups excluding carboxylic acids is 2. The molecule has 0 spiro atoms. The topological polar surface area (TPSA) is 64.0 Å². The molecule has 0 fully saturated rings. The van der Waals surface area contributed by atoms with Crippen LogP contribution in [0.3, 0.4) is 0 Å². The third-order valence-corrected chi connectivity index (χ3v) is 4.29. The predicted octanol–water partition coefficient (Wildman–Crippen LogP) is 4.67. The van der Waals surface area contributed by atoms with Gasteiger partial charge < -0.3 is 5.32 Å². The zero-order chi connectivity index (χ0) is 18.8. The van der Waals surface area contributed by atoms with Crippen molar-refractivity contribution in [2.75, 3.05) is 5.32 Å². The van der Waals surface area contributed by atoms with Crippen molar-refractivity contribution in [3.05, 3.63) is 90.3 Å². The number of nitrogens with zero attached hydrogens (tertiary/aromatic N) is 2. The van der Waals surface area contributed by atoms with Crippen LogP contribution < -0.4 is 5.32 Å². The molecule has 3 aromatic carbocycles. The van der Waals surface area contributed by atoms with Gasteiger partial charge in [-0.25, -0.2) is 4.98 Å². The lowest BCUT2D eigenvalue weighted by Gasteiger charge is -2.13. The minimum atomic E-state index is -0.298. The Morgan fingerprint density at radius 1 is 0.852 bits per heavy atom. The molecule has 0 amide bonds. The van der Waals surface area contributed by atoms with Crippen LogP contribution in [0, 0.1) is 0 Å². The van der Waals surface area contributed by atoms with Crippen molar-refractivity contribution in [1.82, 2.24) is 9.55 Å². The van der Waals surface area contributed by atoms with Gasteiger partial charge >= 0.3 is 0 Å². The van der Waals surface area contributed by atoms with Crippen LogP contribution in [0.4, 0.5) is 11.4 Å². The van der Waals surface area contributed by atoms with Gasteiger partial charge in [0.25, 0.3) is 5.91 Å². The SMILES string of the molecule is CC(=O)c1nc2ccccc2n1C(=O)c1ccccc1Nc1ccccc1. The summed E-state index contributed by atoms with van der Waals surface area (Å²) >= 11 is 0. The van der Waals surface area contributed by atoms with Crippen LogP contribution in [0.2, 0.25) is 0 Å². The molecule has 1 heterocycles. The van der Waals surface area contributed by atoms with Gasteiger partial charge in [-0.2, -0.15) is 0 Å². The van der Waals surface area contributed by atoms with Crippen molar-refractivity contribution in [1.29, 1.82) is 0 Å². The second kappa shape index (κ2) is 6.88. The van der Waals surface area contributed by atoms with Gasteiger partial charge in [-0.15, -0.1) is 0 Å². The Bertz CT molecular complexity index is 1150. The quantitative estimate of drug-likeness (QED) is 0.540. The molecule has 0 aliphatic heterocycles. The van der Waals surface area contributed by atoms with Crippen molar-refractivity contribution in [3.8, 4) is 0 Å². The van der Waals surface area contributed by atoms with Crippen LogP contribution in [0.5, 0.6) is 0 Å². The number of para-hydroxylation sites is 4. The summed E-state index contributed by atoms with van der Waals surface area (Å²) in [4.78, 5) is 29.8. The number of fused-ring (bicyclic) bond motifs is 1. The summed E-state index contributed by atoms with van der Waals surface area (Å²) in [7, 11) is 0. The molecule has 1 N–H and O–H groups in total. The van der Waals surface area contributed by atoms with E-state index in [1.807, 2.05) is 54.6 Å². The Kier molecular flexibility index (Phi) is 4.26. The molecule has 0 aliphatic rings. The fourth-order valence-electron chi connectivity index (χ4n) is 3.04. The molecule has 0 saturated heterocycles. The second-order valence-corrected chi connectivity index (χ2v) is 6.16. The Hall–Kier alpha value is -3.73. The van der Waals surface area contributed by atoms with Gasteiger partial charge in [0.05, 0.1) is 22.3 Å². The van der Waals surface area contributed by atoms with Gasteiger partial charge in [0.15, 0.2) is 11.6 Å².